The molecule has 1 saturated heterocycles. The largest absolute Gasteiger partial charge is 0.375 e. The van der Waals surface area contributed by atoms with Gasteiger partial charge < -0.3 is 19.9 Å². The van der Waals surface area contributed by atoms with E-state index in [2.05, 4.69) is 10.2 Å². The Balaban J connectivity index is 2.04. The van der Waals surface area contributed by atoms with E-state index < -0.39 is 0 Å². The molecule has 1 heterocycles. The molecule has 1 aromatic rings. The van der Waals surface area contributed by atoms with E-state index in [9.17, 15) is 9.59 Å². The molecular formula is C19H29N3O3. The third-order valence-corrected chi connectivity index (χ3v) is 4.71. The Morgan fingerprint density at radius 3 is 2.52 bits per heavy atom. The van der Waals surface area contributed by atoms with Crippen molar-refractivity contribution >= 4 is 17.5 Å². The number of para-hydroxylation sites is 1. The summed E-state index contributed by atoms with van der Waals surface area (Å²) in [5.41, 5.74) is 1.71. The molecule has 1 N–H and O–H groups in total. The van der Waals surface area contributed by atoms with E-state index in [0.29, 0.717) is 0 Å². The van der Waals surface area contributed by atoms with Crippen LogP contribution >= 0.6 is 0 Å². The lowest BCUT2D eigenvalue weighted by molar-refractivity contribution is -0.125. The van der Waals surface area contributed by atoms with E-state index in [-0.39, 0.29) is 30.5 Å². The fraction of sp³-hybridized carbons (Fsp3) is 0.579. The average molecular weight is 347 g/mol. The molecule has 1 aliphatic heterocycles. The highest BCUT2D eigenvalue weighted by atomic mass is 16.5. The number of piperidine rings is 1. The van der Waals surface area contributed by atoms with Gasteiger partial charge in [-0.15, -0.1) is 0 Å². The van der Waals surface area contributed by atoms with Crippen LogP contribution in [0.15, 0.2) is 24.3 Å². The summed E-state index contributed by atoms with van der Waals surface area (Å²) in [5.74, 6) is -0.0313. The van der Waals surface area contributed by atoms with Crippen LogP contribution in [-0.4, -0.2) is 62.7 Å². The minimum absolute atomic E-state index is 0.0427. The van der Waals surface area contributed by atoms with Crippen molar-refractivity contribution in [2.45, 2.75) is 38.8 Å². The van der Waals surface area contributed by atoms with E-state index >= 15 is 0 Å². The Labute approximate surface area is 150 Å². The van der Waals surface area contributed by atoms with Crippen LogP contribution < -0.4 is 10.2 Å². The molecule has 0 aromatic heterocycles. The van der Waals surface area contributed by atoms with Crippen molar-refractivity contribution in [1.82, 2.24) is 10.2 Å². The number of benzene rings is 1. The first-order chi connectivity index (χ1) is 11.9. The summed E-state index contributed by atoms with van der Waals surface area (Å²) < 4.78 is 4.85. The van der Waals surface area contributed by atoms with Crippen LogP contribution in [0.4, 0.5) is 5.69 Å². The summed E-state index contributed by atoms with van der Waals surface area (Å²) in [4.78, 5) is 28.4. The predicted molar refractivity (Wildman–Crippen MR) is 98.9 cm³/mol. The van der Waals surface area contributed by atoms with E-state index in [1.165, 1.54) is 7.11 Å². The summed E-state index contributed by atoms with van der Waals surface area (Å²) in [6.45, 7) is 5.74. The molecule has 1 fully saturated rings. The van der Waals surface area contributed by atoms with Crippen molar-refractivity contribution in [3.63, 3.8) is 0 Å². The lowest BCUT2D eigenvalue weighted by Gasteiger charge is -2.35. The number of ether oxygens (including phenoxy) is 1. The van der Waals surface area contributed by atoms with Crippen molar-refractivity contribution in [3.8, 4) is 0 Å². The van der Waals surface area contributed by atoms with E-state index in [1.54, 1.807) is 4.90 Å². The average Bonchev–Trinajstić information content (AvgIpc) is 2.61. The molecule has 1 aliphatic rings. The second-order valence-corrected chi connectivity index (χ2v) is 6.79. The number of anilines is 1. The number of nitrogens with one attached hydrogen (secondary N) is 1. The first-order valence-electron chi connectivity index (χ1n) is 8.83. The van der Waals surface area contributed by atoms with Gasteiger partial charge in [-0.3, -0.25) is 9.59 Å². The Bertz CT molecular complexity index is 595. The van der Waals surface area contributed by atoms with Gasteiger partial charge in [-0.25, -0.2) is 0 Å². The fourth-order valence-corrected chi connectivity index (χ4v) is 3.02. The Morgan fingerprint density at radius 2 is 1.92 bits per heavy atom. The molecule has 25 heavy (non-hydrogen) atoms. The van der Waals surface area contributed by atoms with Crippen LogP contribution in [0.1, 0.15) is 37.0 Å². The molecule has 0 bridgehead atoms. The summed E-state index contributed by atoms with van der Waals surface area (Å²) in [6, 6.07) is 8.09. The Hall–Kier alpha value is -2.08. The van der Waals surface area contributed by atoms with Crippen LogP contribution in [0.3, 0.4) is 0 Å². The van der Waals surface area contributed by atoms with Gasteiger partial charge >= 0.3 is 0 Å². The number of methoxy groups -OCH3 is 1. The number of hydrogen-bond donors (Lipinski definition) is 1. The number of carbonyl (C=O) groups is 2. The first-order valence-corrected chi connectivity index (χ1v) is 8.83. The molecule has 0 radical (unpaired) electrons. The predicted octanol–water partition coefficient (Wildman–Crippen LogP) is 1.90. The van der Waals surface area contributed by atoms with Gasteiger partial charge in [0.25, 0.3) is 5.91 Å². The van der Waals surface area contributed by atoms with Crippen LogP contribution in [0.25, 0.3) is 0 Å². The van der Waals surface area contributed by atoms with Crippen molar-refractivity contribution in [3.05, 3.63) is 29.8 Å². The fourth-order valence-electron chi connectivity index (χ4n) is 3.02. The van der Waals surface area contributed by atoms with Gasteiger partial charge in [0.05, 0.1) is 5.56 Å². The van der Waals surface area contributed by atoms with Gasteiger partial charge in [0.15, 0.2) is 0 Å². The zero-order chi connectivity index (χ0) is 18.4. The highest BCUT2D eigenvalue weighted by Crippen LogP contribution is 2.25. The highest BCUT2D eigenvalue weighted by Gasteiger charge is 2.25. The minimum Gasteiger partial charge on any atom is -0.375 e. The number of carbonyl (C=O) groups excluding carboxylic acids is 2. The number of rotatable bonds is 6. The Kier molecular flexibility index (Phi) is 6.82. The Morgan fingerprint density at radius 1 is 1.28 bits per heavy atom. The van der Waals surface area contributed by atoms with E-state index in [1.807, 2.05) is 45.2 Å². The summed E-state index contributed by atoms with van der Waals surface area (Å²) >= 11 is 0. The van der Waals surface area contributed by atoms with Crippen molar-refractivity contribution in [2.24, 2.45) is 0 Å². The van der Waals surface area contributed by atoms with Crippen LogP contribution in [0, 0.1) is 0 Å². The highest BCUT2D eigenvalue weighted by molar-refractivity contribution is 5.99. The van der Waals surface area contributed by atoms with Crippen molar-refractivity contribution in [1.29, 1.82) is 0 Å². The second-order valence-electron chi connectivity index (χ2n) is 6.79. The third-order valence-electron chi connectivity index (χ3n) is 4.71. The zero-order valence-electron chi connectivity index (χ0n) is 15.6. The molecule has 0 saturated carbocycles. The zero-order valence-corrected chi connectivity index (χ0v) is 15.6. The molecule has 6 nitrogen and oxygen atoms in total. The third kappa shape index (κ3) is 4.95. The summed E-state index contributed by atoms with van der Waals surface area (Å²) in [5, 5.41) is 3.00. The van der Waals surface area contributed by atoms with E-state index in [4.69, 9.17) is 4.74 Å². The van der Waals surface area contributed by atoms with Crippen molar-refractivity contribution in [2.75, 3.05) is 38.8 Å². The van der Waals surface area contributed by atoms with E-state index in [0.717, 1.165) is 37.2 Å². The molecule has 0 aliphatic carbocycles. The molecule has 0 unspecified atom stereocenters. The van der Waals surface area contributed by atoms with Crippen LogP contribution in [0.2, 0.25) is 0 Å². The van der Waals surface area contributed by atoms with Crippen molar-refractivity contribution < 1.29 is 14.3 Å². The van der Waals surface area contributed by atoms with Gasteiger partial charge in [-0.05, 0) is 38.8 Å². The smallest absolute Gasteiger partial charge is 0.255 e. The van der Waals surface area contributed by atoms with Crippen LogP contribution in [0.5, 0.6) is 0 Å². The lowest BCUT2D eigenvalue weighted by Crippen LogP contribution is -2.46. The van der Waals surface area contributed by atoms with Crippen LogP contribution in [-0.2, 0) is 9.53 Å². The maximum absolute atomic E-state index is 12.8. The standard InChI is InChI=1S/C19H29N3O3/c1-14(2)21(3)19(24)16-7-5-6-8-17(16)22-11-9-15(10-12-22)20-18(23)13-25-4/h5-8,14-15H,9-13H2,1-4H3,(H,20,23). The molecule has 2 rings (SSSR count). The molecule has 0 spiro atoms. The molecule has 0 atom stereocenters. The molecular weight excluding hydrogens is 318 g/mol. The quantitative estimate of drug-likeness (QED) is 0.854. The lowest BCUT2D eigenvalue weighted by atomic mass is 10.0. The summed E-state index contributed by atoms with van der Waals surface area (Å²) in [7, 11) is 3.35. The SMILES string of the molecule is COCC(=O)NC1CCN(c2ccccc2C(=O)N(C)C(C)C)CC1. The summed E-state index contributed by atoms with van der Waals surface area (Å²) in [6.07, 6.45) is 1.72. The normalized spacial score (nSPS) is 15.3. The minimum atomic E-state index is -0.0740. The molecule has 2 amide bonds. The molecule has 138 valence electrons. The van der Waals surface area contributed by atoms with Gasteiger partial charge in [-0.1, -0.05) is 12.1 Å². The maximum Gasteiger partial charge on any atom is 0.255 e. The number of hydrogen-bond acceptors (Lipinski definition) is 4. The second kappa shape index (κ2) is 8.85. The number of amides is 2. The monoisotopic (exact) mass is 347 g/mol. The van der Waals surface area contributed by atoms with Gasteiger partial charge in [0, 0.05) is 45.0 Å². The maximum atomic E-state index is 12.8. The first kappa shape index (κ1) is 19.2. The van der Waals surface area contributed by atoms with Gasteiger partial charge in [0.2, 0.25) is 5.91 Å². The molecule has 6 heteroatoms. The topological polar surface area (TPSA) is 61.9 Å². The number of nitrogens with zero attached hydrogens (tertiary/aromatic N) is 2. The molecule has 1 aromatic carbocycles. The van der Waals surface area contributed by atoms with Gasteiger partial charge in [-0.2, -0.15) is 0 Å². The van der Waals surface area contributed by atoms with Gasteiger partial charge in [0.1, 0.15) is 6.61 Å².